The quantitative estimate of drug-likeness (QED) is 0.734. The maximum absolute atomic E-state index is 6.27. The third kappa shape index (κ3) is 3.23. The number of nitrogens with zero attached hydrogens (tertiary/aromatic N) is 4. The molecule has 2 N–H and O–H groups in total. The van der Waals surface area contributed by atoms with Gasteiger partial charge in [0.05, 0.1) is 5.02 Å². The maximum atomic E-state index is 6.27. The highest BCUT2D eigenvalue weighted by atomic mass is 35.5. The van der Waals surface area contributed by atoms with Gasteiger partial charge in [-0.05, 0) is 26.0 Å². The largest absolute Gasteiger partial charge is 0.307 e. The van der Waals surface area contributed by atoms with E-state index in [2.05, 4.69) is 44.3 Å². The van der Waals surface area contributed by atoms with Crippen LogP contribution in [0.1, 0.15) is 36.8 Å². The standard InChI is InChI=1S/C17H19ClN6/c1-9(2)14-21-17(24-23-14)22-15-10(3)11(4)19-16(20-15)12-7-5-6-8-13(12)18/h5-9H,1-4H3,(H2,19,20,21,22,23,24). The smallest absolute Gasteiger partial charge is 0.247 e. The molecule has 0 saturated heterocycles. The molecule has 1 aromatic carbocycles. The molecular weight excluding hydrogens is 324 g/mol. The Hall–Kier alpha value is -2.47. The van der Waals surface area contributed by atoms with E-state index >= 15 is 0 Å². The van der Waals surface area contributed by atoms with Crippen molar-refractivity contribution in [2.75, 3.05) is 5.32 Å². The van der Waals surface area contributed by atoms with Crippen molar-refractivity contribution in [2.24, 2.45) is 0 Å². The van der Waals surface area contributed by atoms with Crippen LogP contribution < -0.4 is 5.32 Å². The van der Waals surface area contributed by atoms with Crippen LogP contribution in [0, 0.1) is 13.8 Å². The highest BCUT2D eigenvalue weighted by Crippen LogP contribution is 2.28. The fraction of sp³-hybridized carbons (Fsp3) is 0.294. The van der Waals surface area contributed by atoms with E-state index in [0.29, 0.717) is 22.6 Å². The highest BCUT2D eigenvalue weighted by Gasteiger charge is 2.14. The van der Waals surface area contributed by atoms with E-state index in [1.165, 1.54) is 0 Å². The van der Waals surface area contributed by atoms with Gasteiger partial charge in [-0.1, -0.05) is 37.6 Å². The summed E-state index contributed by atoms with van der Waals surface area (Å²) in [6.07, 6.45) is 0. The van der Waals surface area contributed by atoms with E-state index in [-0.39, 0.29) is 5.92 Å². The van der Waals surface area contributed by atoms with Crippen molar-refractivity contribution in [1.29, 1.82) is 0 Å². The van der Waals surface area contributed by atoms with Gasteiger partial charge in [0.1, 0.15) is 11.6 Å². The zero-order valence-corrected chi connectivity index (χ0v) is 14.8. The molecule has 0 unspecified atom stereocenters. The Kier molecular flexibility index (Phi) is 4.49. The number of aromatic amines is 1. The first-order chi connectivity index (χ1) is 11.5. The summed E-state index contributed by atoms with van der Waals surface area (Å²) in [4.78, 5) is 13.6. The molecule has 0 fully saturated rings. The van der Waals surface area contributed by atoms with Crippen LogP contribution in [0.15, 0.2) is 24.3 Å². The Balaban J connectivity index is 2.00. The summed E-state index contributed by atoms with van der Waals surface area (Å²) in [5.74, 6) is 2.84. The van der Waals surface area contributed by atoms with Crippen molar-refractivity contribution in [1.82, 2.24) is 25.1 Å². The minimum absolute atomic E-state index is 0.278. The molecular formula is C17H19ClN6. The van der Waals surface area contributed by atoms with Gasteiger partial charge in [-0.25, -0.2) is 9.97 Å². The lowest BCUT2D eigenvalue weighted by molar-refractivity contribution is 0.781. The minimum atomic E-state index is 0.278. The van der Waals surface area contributed by atoms with Gasteiger partial charge in [-0.2, -0.15) is 4.98 Å². The minimum Gasteiger partial charge on any atom is -0.307 e. The molecule has 2 heterocycles. The summed E-state index contributed by atoms with van der Waals surface area (Å²) in [6, 6.07) is 7.52. The zero-order chi connectivity index (χ0) is 17.3. The first kappa shape index (κ1) is 16.4. The third-order valence-corrected chi connectivity index (χ3v) is 4.11. The number of aryl methyl sites for hydroxylation is 1. The summed E-state index contributed by atoms with van der Waals surface area (Å²) in [5.41, 5.74) is 2.62. The van der Waals surface area contributed by atoms with Crippen molar-refractivity contribution in [3.63, 3.8) is 0 Å². The van der Waals surface area contributed by atoms with Crippen LogP contribution in [-0.4, -0.2) is 25.1 Å². The molecule has 3 aromatic rings. The van der Waals surface area contributed by atoms with E-state index < -0.39 is 0 Å². The summed E-state index contributed by atoms with van der Waals surface area (Å²) in [6.45, 7) is 8.02. The molecule has 6 nitrogen and oxygen atoms in total. The first-order valence-electron chi connectivity index (χ1n) is 7.75. The van der Waals surface area contributed by atoms with Gasteiger partial charge in [0.15, 0.2) is 5.82 Å². The Morgan fingerprint density at radius 3 is 2.50 bits per heavy atom. The van der Waals surface area contributed by atoms with Gasteiger partial charge in [-0.15, -0.1) is 5.10 Å². The maximum Gasteiger partial charge on any atom is 0.247 e. The molecule has 0 bridgehead atoms. The van der Waals surface area contributed by atoms with Crippen LogP contribution in [0.25, 0.3) is 11.4 Å². The monoisotopic (exact) mass is 342 g/mol. The van der Waals surface area contributed by atoms with Crippen molar-refractivity contribution in [3.05, 3.63) is 46.4 Å². The molecule has 0 saturated carbocycles. The molecule has 3 rings (SSSR count). The van der Waals surface area contributed by atoms with Crippen LogP contribution in [0.3, 0.4) is 0 Å². The van der Waals surface area contributed by atoms with Crippen molar-refractivity contribution < 1.29 is 0 Å². The summed E-state index contributed by atoms with van der Waals surface area (Å²) < 4.78 is 0. The van der Waals surface area contributed by atoms with Crippen molar-refractivity contribution >= 4 is 23.4 Å². The normalized spacial score (nSPS) is 11.1. The van der Waals surface area contributed by atoms with E-state index in [1.54, 1.807) is 0 Å². The molecule has 0 amide bonds. The van der Waals surface area contributed by atoms with Gasteiger partial charge < -0.3 is 5.32 Å². The average Bonchev–Trinajstić information content (AvgIpc) is 3.01. The fourth-order valence-electron chi connectivity index (χ4n) is 2.21. The number of nitrogens with one attached hydrogen (secondary N) is 2. The van der Waals surface area contributed by atoms with Crippen molar-refractivity contribution in [2.45, 2.75) is 33.6 Å². The van der Waals surface area contributed by atoms with E-state index in [4.69, 9.17) is 11.6 Å². The average molecular weight is 343 g/mol. The predicted molar refractivity (Wildman–Crippen MR) is 95.7 cm³/mol. The number of hydrogen-bond donors (Lipinski definition) is 2. The highest BCUT2D eigenvalue weighted by molar-refractivity contribution is 6.33. The summed E-state index contributed by atoms with van der Waals surface area (Å²) in [7, 11) is 0. The number of hydrogen-bond acceptors (Lipinski definition) is 5. The SMILES string of the molecule is Cc1nc(-c2ccccc2Cl)nc(Nc2n[nH]c(C(C)C)n2)c1C. The summed E-state index contributed by atoms with van der Waals surface area (Å²) >= 11 is 6.27. The second kappa shape index (κ2) is 6.57. The van der Waals surface area contributed by atoms with Crippen LogP contribution in [0.4, 0.5) is 11.8 Å². The Morgan fingerprint density at radius 1 is 1.08 bits per heavy atom. The molecule has 0 aliphatic heterocycles. The van der Waals surface area contributed by atoms with E-state index in [0.717, 1.165) is 22.6 Å². The number of benzene rings is 1. The topological polar surface area (TPSA) is 79.4 Å². The van der Waals surface area contributed by atoms with Crippen LogP contribution in [-0.2, 0) is 0 Å². The third-order valence-electron chi connectivity index (χ3n) is 3.78. The molecule has 7 heteroatoms. The van der Waals surface area contributed by atoms with Crippen molar-refractivity contribution in [3.8, 4) is 11.4 Å². The second-order valence-corrected chi connectivity index (χ2v) is 6.32. The molecule has 2 aromatic heterocycles. The number of rotatable bonds is 4. The molecule has 24 heavy (non-hydrogen) atoms. The van der Waals surface area contributed by atoms with E-state index in [9.17, 15) is 0 Å². The molecule has 0 atom stereocenters. The number of aromatic nitrogens is 5. The number of anilines is 2. The fourth-order valence-corrected chi connectivity index (χ4v) is 2.43. The lowest BCUT2D eigenvalue weighted by Gasteiger charge is -2.11. The lowest BCUT2D eigenvalue weighted by Crippen LogP contribution is -2.04. The van der Waals surface area contributed by atoms with Gasteiger partial charge in [0, 0.05) is 22.7 Å². The zero-order valence-electron chi connectivity index (χ0n) is 14.1. The Morgan fingerprint density at radius 2 is 1.83 bits per heavy atom. The van der Waals surface area contributed by atoms with E-state index in [1.807, 2.05) is 38.1 Å². The van der Waals surface area contributed by atoms with Gasteiger partial charge in [0.25, 0.3) is 0 Å². The lowest BCUT2D eigenvalue weighted by atomic mass is 10.2. The van der Waals surface area contributed by atoms with Gasteiger partial charge >= 0.3 is 0 Å². The first-order valence-corrected chi connectivity index (χ1v) is 8.13. The van der Waals surface area contributed by atoms with Crippen LogP contribution >= 0.6 is 11.6 Å². The number of H-pyrrole nitrogens is 1. The molecule has 0 spiro atoms. The van der Waals surface area contributed by atoms with Gasteiger partial charge in [0.2, 0.25) is 5.95 Å². The van der Waals surface area contributed by atoms with Gasteiger partial charge in [-0.3, -0.25) is 5.10 Å². The van der Waals surface area contributed by atoms with Crippen LogP contribution in [0.5, 0.6) is 0 Å². The van der Waals surface area contributed by atoms with Crippen LogP contribution in [0.2, 0.25) is 5.02 Å². The second-order valence-electron chi connectivity index (χ2n) is 5.91. The summed E-state index contributed by atoms with van der Waals surface area (Å²) in [5, 5.41) is 10.9. The molecule has 0 aliphatic carbocycles. The number of halogens is 1. The molecule has 0 aliphatic rings. The Labute approximate surface area is 145 Å². The predicted octanol–water partition coefficient (Wildman–Crippen LogP) is 4.40. The molecule has 124 valence electrons. The molecule has 0 radical (unpaired) electrons. The Bertz CT molecular complexity index is 871.